The first kappa shape index (κ1) is 26.8. The highest BCUT2D eigenvalue weighted by Gasteiger charge is 2.25. The third-order valence-corrected chi connectivity index (χ3v) is 9.71. The van der Waals surface area contributed by atoms with Gasteiger partial charge in [0.1, 0.15) is 5.82 Å². The highest BCUT2D eigenvalue weighted by Crippen LogP contribution is 2.32. The van der Waals surface area contributed by atoms with E-state index in [1.54, 1.807) is 6.07 Å². The van der Waals surface area contributed by atoms with E-state index in [1.165, 1.54) is 12.8 Å². The maximum Gasteiger partial charge on any atom is 0.241 e. The van der Waals surface area contributed by atoms with Crippen LogP contribution >= 0.6 is 0 Å². The topological polar surface area (TPSA) is 99.3 Å². The van der Waals surface area contributed by atoms with Crippen LogP contribution in [0.5, 0.6) is 0 Å². The van der Waals surface area contributed by atoms with Gasteiger partial charge in [-0.05, 0) is 74.6 Å². The van der Waals surface area contributed by atoms with Gasteiger partial charge in [0.25, 0.3) is 0 Å². The van der Waals surface area contributed by atoms with Crippen LogP contribution in [0, 0.1) is 11.8 Å². The summed E-state index contributed by atoms with van der Waals surface area (Å²) in [6, 6.07) is 20.0. The second-order valence-electron chi connectivity index (χ2n) is 11.5. The molecule has 1 aromatic heterocycles. The number of rotatable bonds is 10. The number of anilines is 3. The van der Waals surface area contributed by atoms with Crippen molar-refractivity contribution in [2.75, 3.05) is 42.7 Å². The number of nitrogens with one attached hydrogen (secondary N) is 3. The number of hydrogen-bond donors (Lipinski definition) is 3. The third kappa shape index (κ3) is 5.86. The van der Waals surface area contributed by atoms with E-state index in [-0.39, 0.29) is 0 Å². The van der Waals surface area contributed by atoms with Crippen molar-refractivity contribution in [2.24, 2.45) is 11.8 Å². The minimum absolute atomic E-state index is 0.338. The lowest BCUT2D eigenvalue weighted by Gasteiger charge is -2.28. The van der Waals surface area contributed by atoms with Crippen molar-refractivity contribution < 1.29 is 8.42 Å². The Morgan fingerprint density at radius 2 is 1.45 bits per heavy atom. The number of fused-ring (bicyclic) bond motifs is 2. The zero-order valence-corrected chi connectivity index (χ0v) is 24.0. The minimum atomic E-state index is -3.62. The predicted molar refractivity (Wildman–Crippen MR) is 164 cm³/mol. The monoisotopic (exact) mass is 558 g/mol. The van der Waals surface area contributed by atoms with Gasteiger partial charge in [-0.15, -0.1) is 0 Å². The molecule has 0 radical (unpaired) electrons. The summed E-state index contributed by atoms with van der Waals surface area (Å²) in [5, 5.41) is 9.79. The van der Waals surface area contributed by atoms with Crippen LogP contribution < -0.4 is 20.3 Å². The molecule has 0 aliphatic heterocycles. The first-order chi connectivity index (χ1) is 19.4. The first-order valence-electron chi connectivity index (χ1n) is 14.3. The molecule has 0 spiro atoms. The van der Waals surface area contributed by atoms with Gasteiger partial charge in [-0.1, -0.05) is 36.4 Å². The quantitative estimate of drug-likeness (QED) is 0.232. The summed E-state index contributed by atoms with van der Waals surface area (Å²) in [6.07, 6.45) is 6.51. The van der Waals surface area contributed by atoms with Crippen LogP contribution in [-0.2, 0) is 10.0 Å². The van der Waals surface area contributed by atoms with Crippen molar-refractivity contribution in [3.05, 3.63) is 60.7 Å². The van der Waals surface area contributed by atoms with Gasteiger partial charge in [0, 0.05) is 55.1 Å². The van der Waals surface area contributed by atoms with Crippen molar-refractivity contribution in [2.45, 2.75) is 49.5 Å². The van der Waals surface area contributed by atoms with Crippen molar-refractivity contribution in [3.8, 4) is 0 Å². The molecule has 1 heterocycles. The molecule has 2 aliphatic rings. The van der Waals surface area contributed by atoms with Gasteiger partial charge >= 0.3 is 0 Å². The molecule has 9 heteroatoms. The van der Waals surface area contributed by atoms with Gasteiger partial charge in [0.15, 0.2) is 0 Å². The van der Waals surface area contributed by atoms with Gasteiger partial charge in [-0.25, -0.2) is 18.1 Å². The Morgan fingerprint density at radius 1 is 0.775 bits per heavy atom. The lowest BCUT2D eigenvalue weighted by molar-refractivity contribution is 0.284. The van der Waals surface area contributed by atoms with Crippen LogP contribution in [-0.4, -0.2) is 51.6 Å². The number of nitrogens with zero attached hydrogens (tertiary/aromatic N) is 3. The van der Waals surface area contributed by atoms with Gasteiger partial charge in [-0.3, -0.25) is 0 Å². The first-order valence-corrected chi connectivity index (χ1v) is 15.8. The minimum Gasteiger partial charge on any atom is -0.377 e. The Balaban J connectivity index is 1.04. The summed E-state index contributed by atoms with van der Waals surface area (Å²) in [4.78, 5) is 11.9. The van der Waals surface area contributed by atoms with Crippen molar-refractivity contribution in [1.29, 1.82) is 0 Å². The Kier molecular flexibility index (Phi) is 7.51. The predicted octanol–water partition coefficient (Wildman–Crippen LogP) is 5.62. The number of hydrogen-bond acceptors (Lipinski definition) is 7. The molecule has 8 nitrogen and oxygen atoms in total. The summed E-state index contributed by atoms with van der Waals surface area (Å²) in [5.74, 6) is 2.44. The van der Waals surface area contributed by atoms with Gasteiger partial charge in [0.2, 0.25) is 16.0 Å². The standard InChI is InChI=1S/C31H38N6O2S/c1-37(2)28-11-5-9-25-24(28)8-6-12-29(25)40(38,39)33-20-22-15-13-21(14-16-22)19-32-31-35-27-10-4-3-7-26(27)30(36-31)34-23-17-18-23/h3-12,21-23,33H,13-20H2,1-2H3,(H2,32,34,35,36). The molecule has 2 saturated carbocycles. The van der Waals surface area contributed by atoms with E-state index < -0.39 is 10.0 Å². The fourth-order valence-corrected chi connectivity index (χ4v) is 7.09. The second kappa shape index (κ2) is 11.2. The van der Waals surface area contributed by atoms with Crippen LogP contribution in [0.3, 0.4) is 0 Å². The number of para-hydroxylation sites is 1. The summed E-state index contributed by atoms with van der Waals surface area (Å²) >= 11 is 0. The fraction of sp³-hybridized carbons (Fsp3) is 0.419. The maximum absolute atomic E-state index is 13.3. The smallest absolute Gasteiger partial charge is 0.241 e. The molecule has 0 atom stereocenters. The van der Waals surface area contributed by atoms with E-state index in [4.69, 9.17) is 9.97 Å². The molecule has 0 amide bonds. The van der Waals surface area contributed by atoms with Crippen LogP contribution in [0.2, 0.25) is 0 Å². The molecule has 0 bridgehead atoms. The molecule has 4 aromatic rings. The van der Waals surface area contributed by atoms with Crippen molar-refractivity contribution >= 4 is 49.2 Å². The Morgan fingerprint density at radius 3 is 2.20 bits per heavy atom. The average Bonchev–Trinajstić information content (AvgIpc) is 3.79. The van der Waals surface area contributed by atoms with E-state index in [0.717, 1.165) is 65.4 Å². The average molecular weight is 559 g/mol. The van der Waals surface area contributed by atoms with Gasteiger partial charge in [-0.2, -0.15) is 4.98 Å². The highest BCUT2D eigenvalue weighted by molar-refractivity contribution is 7.89. The summed E-state index contributed by atoms with van der Waals surface area (Å²) in [7, 11) is 0.323. The number of sulfonamides is 1. The number of benzene rings is 3. The molecule has 6 rings (SSSR count). The van der Waals surface area contributed by atoms with Crippen LogP contribution in [0.1, 0.15) is 38.5 Å². The molecule has 40 heavy (non-hydrogen) atoms. The van der Waals surface area contributed by atoms with Crippen molar-refractivity contribution in [1.82, 2.24) is 14.7 Å². The SMILES string of the molecule is CN(C)c1cccc2c(S(=O)(=O)NCC3CCC(CNc4nc(NC5CC5)c5ccccc5n4)CC3)cccc12. The Labute approximate surface area is 236 Å². The van der Waals surface area contributed by atoms with E-state index in [2.05, 4.69) is 21.4 Å². The fourth-order valence-electron chi connectivity index (χ4n) is 5.76. The van der Waals surface area contributed by atoms with Gasteiger partial charge < -0.3 is 15.5 Å². The van der Waals surface area contributed by atoms with Gasteiger partial charge in [0.05, 0.1) is 10.4 Å². The van der Waals surface area contributed by atoms with Crippen molar-refractivity contribution in [3.63, 3.8) is 0 Å². The van der Waals surface area contributed by atoms with E-state index in [0.29, 0.717) is 35.3 Å². The molecule has 210 valence electrons. The molecular weight excluding hydrogens is 520 g/mol. The zero-order chi connectivity index (χ0) is 27.7. The molecule has 3 N–H and O–H groups in total. The second-order valence-corrected chi connectivity index (χ2v) is 13.2. The Hall–Kier alpha value is -3.43. The van der Waals surface area contributed by atoms with E-state index in [9.17, 15) is 8.42 Å². The third-order valence-electron chi connectivity index (χ3n) is 8.23. The highest BCUT2D eigenvalue weighted by atomic mass is 32.2. The molecule has 2 fully saturated rings. The molecule has 2 aliphatic carbocycles. The normalized spacial score (nSPS) is 19.6. The maximum atomic E-state index is 13.3. The lowest BCUT2D eigenvalue weighted by atomic mass is 9.82. The Bertz CT molecular complexity index is 1610. The molecule has 3 aromatic carbocycles. The molecule has 0 unspecified atom stereocenters. The summed E-state index contributed by atoms with van der Waals surface area (Å²) in [6.45, 7) is 1.29. The van der Waals surface area contributed by atoms with Crippen LogP contribution in [0.25, 0.3) is 21.7 Å². The van der Waals surface area contributed by atoms with E-state index >= 15 is 0 Å². The number of aromatic nitrogens is 2. The summed E-state index contributed by atoms with van der Waals surface area (Å²) in [5.41, 5.74) is 1.95. The van der Waals surface area contributed by atoms with Crippen LogP contribution in [0.4, 0.5) is 17.5 Å². The van der Waals surface area contributed by atoms with Crippen LogP contribution in [0.15, 0.2) is 65.6 Å². The zero-order valence-electron chi connectivity index (χ0n) is 23.2. The van der Waals surface area contributed by atoms with E-state index in [1.807, 2.05) is 67.5 Å². The largest absolute Gasteiger partial charge is 0.377 e. The molecular formula is C31H38N6O2S. The molecule has 0 saturated heterocycles. The summed E-state index contributed by atoms with van der Waals surface area (Å²) < 4.78 is 29.6. The lowest BCUT2D eigenvalue weighted by Crippen LogP contribution is -2.32.